The van der Waals surface area contributed by atoms with Crippen molar-refractivity contribution >= 4 is 5.78 Å². The van der Waals surface area contributed by atoms with Crippen LogP contribution in [0.15, 0.2) is 23.8 Å². The summed E-state index contributed by atoms with van der Waals surface area (Å²) in [6.07, 6.45) is 16.9. The third kappa shape index (κ3) is 2.11. The van der Waals surface area contributed by atoms with E-state index >= 15 is 0 Å². The molecule has 142 valence electrons. The van der Waals surface area contributed by atoms with Crippen LogP contribution in [0.1, 0.15) is 71.6 Å². The Balaban J connectivity index is 1.56. The molecule has 3 unspecified atom stereocenters. The molecule has 3 fully saturated rings. The molecule has 0 amide bonds. The van der Waals surface area contributed by atoms with Crippen LogP contribution in [-0.2, 0) is 4.79 Å². The Kier molecular flexibility index (Phi) is 3.84. The van der Waals surface area contributed by atoms with E-state index in [0.717, 1.165) is 38.5 Å². The number of rotatable bonds is 1. The number of fused-ring (bicyclic) bond motifs is 5. The Bertz CT molecular complexity index is 676. The Morgan fingerprint density at radius 3 is 2.65 bits per heavy atom. The number of ketones is 1. The number of aliphatic hydroxyl groups is 1. The molecule has 0 aromatic carbocycles. The Labute approximate surface area is 158 Å². The van der Waals surface area contributed by atoms with Crippen molar-refractivity contribution in [2.24, 2.45) is 40.4 Å². The number of hydrogen-bond acceptors (Lipinski definition) is 2. The molecule has 5 rings (SSSR count). The fraction of sp³-hybridized carbons (Fsp3) is 0.792. The molecule has 2 heteroatoms. The Hall–Kier alpha value is -0.890. The zero-order valence-electron chi connectivity index (χ0n) is 16.4. The molecule has 0 radical (unpaired) electrons. The summed E-state index contributed by atoms with van der Waals surface area (Å²) in [4.78, 5) is 13.3. The zero-order valence-corrected chi connectivity index (χ0v) is 16.4. The lowest BCUT2D eigenvalue weighted by Gasteiger charge is -2.60. The second-order valence-electron chi connectivity index (χ2n) is 10.4. The first-order chi connectivity index (χ1) is 12.5. The van der Waals surface area contributed by atoms with E-state index in [1.807, 2.05) is 0 Å². The average molecular weight is 355 g/mol. The molecule has 5 aliphatic carbocycles. The highest BCUT2D eigenvalue weighted by molar-refractivity contribution is 5.84. The van der Waals surface area contributed by atoms with Crippen molar-refractivity contribution in [3.8, 4) is 0 Å². The monoisotopic (exact) mass is 354 g/mol. The summed E-state index contributed by atoms with van der Waals surface area (Å²) in [5.41, 5.74) is 1.85. The molecule has 0 aromatic heterocycles. The number of aliphatic hydroxyl groups excluding tert-OH is 1. The van der Waals surface area contributed by atoms with E-state index in [9.17, 15) is 9.90 Å². The van der Waals surface area contributed by atoms with Gasteiger partial charge in [0.05, 0.1) is 6.10 Å². The first-order valence-corrected chi connectivity index (χ1v) is 11.0. The Morgan fingerprint density at radius 1 is 1.04 bits per heavy atom. The van der Waals surface area contributed by atoms with Crippen LogP contribution in [-0.4, -0.2) is 17.0 Å². The highest BCUT2D eigenvalue weighted by atomic mass is 16.3. The van der Waals surface area contributed by atoms with E-state index in [1.165, 1.54) is 19.3 Å². The predicted molar refractivity (Wildman–Crippen MR) is 103 cm³/mol. The van der Waals surface area contributed by atoms with Crippen molar-refractivity contribution < 1.29 is 9.90 Å². The second-order valence-corrected chi connectivity index (χ2v) is 10.4. The minimum Gasteiger partial charge on any atom is -0.393 e. The number of Topliss-reactive ketones (excluding diaryl/α,β-unsaturated/α-hetero) is 1. The minimum absolute atomic E-state index is 0.0220. The van der Waals surface area contributed by atoms with Crippen molar-refractivity contribution in [2.45, 2.75) is 77.7 Å². The summed E-state index contributed by atoms with van der Waals surface area (Å²) in [5.74, 6) is 2.78. The normalized spacial score (nSPS) is 53.0. The maximum absolute atomic E-state index is 13.3. The molecule has 0 bridgehead atoms. The highest BCUT2D eigenvalue weighted by Crippen LogP contribution is 2.66. The van der Waals surface area contributed by atoms with Crippen LogP contribution in [0.3, 0.4) is 0 Å². The molecule has 0 aliphatic heterocycles. The molecule has 0 heterocycles. The fourth-order valence-corrected chi connectivity index (χ4v) is 8.08. The highest BCUT2D eigenvalue weighted by Gasteiger charge is 2.63. The van der Waals surface area contributed by atoms with E-state index in [4.69, 9.17) is 0 Å². The first-order valence-electron chi connectivity index (χ1n) is 11.0. The summed E-state index contributed by atoms with van der Waals surface area (Å²) in [6.45, 7) is 4.79. The van der Waals surface area contributed by atoms with Crippen LogP contribution in [0.4, 0.5) is 0 Å². The largest absolute Gasteiger partial charge is 0.393 e. The lowest BCUT2D eigenvalue weighted by Crippen LogP contribution is -2.57. The third-order valence-electron chi connectivity index (χ3n) is 9.57. The standard InChI is InChI=1S/C24H34O2/c1-23-13-12-19-22(18(23)10-11-21(23)26)20(25)14-16-8-5-9-17(24(16,19)2)15-6-3-4-7-15/h3,6,9,15-16,18-19,21-22,26H,4-5,7-8,10-14H2,1-2H3/t15?,16?,18-,19+,21?,22-,23-,24+/m0/s1. The number of carbonyl (C=O) groups is 1. The number of carbonyl (C=O) groups excluding carboxylic acids is 1. The molecular formula is C24H34O2. The molecule has 1 N–H and O–H groups in total. The van der Waals surface area contributed by atoms with Gasteiger partial charge in [0.2, 0.25) is 0 Å². The summed E-state index contributed by atoms with van der Waals surface area (Å²) in [5, 5.41) is 10.6. The molecule has 2 nitrogen and oxygen atoms in total. The first kappa shape index (κ1) is 17.2. The van der Waals surface area contributed by atoms with E-state index in [-0.39, 0.29) is 22.9 Å². The molecule has 0 aromatic rings. The summed E-state index contributed by atoms with van der Waals surface area (Å²) < 4.78 is 0. The quantitative estimate of drug-likeness (QED) is 0.667. The van der Waals surface area contributed by atoms with Crippen LogP contribution in [0.25, 0.3) is 0 Å². The minimum atomic E-state index is -0.203. The molecule has 26 heavy (non-hydrogen) atoms. The van der Waals surface area contributed by atoms with Gasteiger partial charge in [-0.3, -0.25) is 4.79 Å². The van der Waals surface area contributed by atoms with Gasteiger partial charge in [-0.1, -0.05) is 37.6 Å². The van der Waals surface area contributed by atoms with Crippen LogP contribution < -0.4 is 0 Å². The van der Waals surface area contributed by atoms with Crippen molar-refractivity contribution in [2.75, 3.05) is 0 Å². The molecule has 5 aliphatic rings. The number of allylic oxidation sites excluding steroid dienone is 4. The molecule has 8 atom stereocenters. The van der Waals surface area contributed by atoms with E-state index in [1.54, 1.807) is 5.57 Å². The van der Waals surface area contributed by atoms with Gasteiger partial charge in [0, 0.05) is 12.3 Å². The predicted octanol–water partition coefficient (Wildman–Crippen LogP) is 5.07. The molecule has 3 saturated carbocycles. The van der Waals surface area contributed by atoms with Crippen LogP contribution >= 0.6 is 0 Å². The van der Waals surface area contributed by atoms with Gasteiger partial charge in [0.25, 0.3) is 0 Å². The van der Waals surface area contributed by atoms with Gasteiger partial charge in [-0.2, -0.15) is 0 Å². The van der Waals surface area contributed by atoms with Gasteiger partial charge in [-0.05, 0) is 85.9 Å². The fourth-order valence-electron chi connectivity index (χ4n) is 8.08. The van der Waals surface area contributed by atoms with Crippen LogP contribution in [0.5, 0.6) is 0 Å². The zero-order chi connectivity index (χ0) is 18.1. The van der Waals surface area contributed by atoms with Crippen molar-refractivity contribution in [3.63, 3.8) is 0 Å². The Morgan fingerprint density at radius 2 is 1.88 bits per heavy atom. The van der Waals surface area contributed by atoms with E-state index in [0.29, 0.717) is 29.5 Å². The van der Waals surface area contributed by atoms with Crippen LogP contribution in [0.2, 0.25) is 0 Å². The van der Waals surface area contributed by atoms with Gasteiger partial charge < -0.3 is 5.11 Å². The lowest BCUT2D eigenvalue weighted by atomic mass is 9.43. The van der Waals surface area contributed by atoms with E-state index in [2.05, 4.69) is 32.1 Å². The lowest BCUT2D eigenvalue weighted by molar-refractivity contribution is -0.151. The van der Waals surface area contributed by atoms with Gasteiger partial charge in [-0.25, -0.2) is 0 Å². The second kappa shape index (κ2) is 5.80. The van der Waals surface area contributed by atoms with Crippen molar-refractivity contribution in [3.05, 3.63) is 23.8 Å². The molecule has 0 saturated heterocycles. The smallest absolute Gasteiger partial charge is 0.136 e. The topological polar surface area (TPSA) is 37.3 Å². The van der Waals surface area contributed by atoms with E-state index < -0.39 is 0 Å². The summed E-state index contributed by atoms with van der Waals surface area (Å²) in [7, 11) is 0. The van der Waals surface area contributed by atoms with Crippen molar-refractivity contribution in [1.29, 1.82) is 0 Å². The summed E-state index contributed by atoms with van der Waals surface area (Å²) in [6, 6.07) is 0. The molecule has 0 spiro atoms. The average Bonchev–Trinajstić information content (AvgIpc) is 3.24. The number of hydrogen-bond donors (Lipinski definition) is 1. The molecular weight excluding hydrogens is 320 g/mol. The van der Waals surface area contributed by atoms with Crippen molar-refractivity contribution in [1.82, 2.24) is 0 Å². The van der Waals surface area contributed by atoms with Gasteiger partial charge in [0.15, 0.2) is 0 Å². The maximum atomic E-state index is 13.3. The summed E-state index contributed by atoms with van der Waals surface area (Å²) >= 11 is 0. The SMILES string of the molecule is C[C@]12C(C3C=CCC3)=CCCC1CC(=O)[C@@H]1[C@H]2CC[C@]2(C)C(O)CC[C@@H]12. The van der Waals surface area contributed by atoms with Gasteiger partial charge in [-0.15, -0.1) is 0 Å². The third-order valence-corrected chi connectivity index (χ3v) is 9.57. The maximum Gasteiger partial charge on any atom is 0.136 e. The van der Waals surface area contributed by atoms with Gasteiger partial charge in [0.1, 0.15) is 5.78 Å². The van der Waals surface area contributed by atoms with Crippen LogP contribution in [0, 0.1) is 40.4 Å². The van der Waals surface area contributed by atoms with Gasteiger partial charge >= 0.3 is 0 Å².